The van der Waals surface area contributed by atoms with E-state index in [0.29, 0.717) is 13.1 Å². The van der Waals surface area contributed by atoms with E-state index in [1.165, 1.54) is 0 Å². The average Bonchev–Trinajstić information content (AvgIpc) is 2.46. The topological polar surface area (TPSA) is 79.9 Å². The number of rotatable bonds is 7. The fourth-order valence-electron chi connectivity index (χ4n) is 1.62. The van der Waals surface area contributed by atoms with Crippen molar-refractivity contribution in [3.63, 3.8) is 0 Å². The van der Waals surface area contributed by atoms with Gasteiger partial charge in [-0.25, -0.2) is 0 Å². The van der Waals surface area contributed by atoms with Crippen molar-refractivity contribution in [3.05, 3.63) is 27.8 Å². The second-order valence-electron chi connectivity index (χ2n) is 4.03. The Morgan fingerprint density at radius 3 is 2.35 bits per heavy atom. The molecule has 0 heterocycles. The summed E-state index contributed by atoms with van der Waals surface area (Å²) >= 11 is 2.20. The molecule has 1 aromatic carbocycles. The van der Waals surface area contributed by atoms with Crippen LogP contribution in [0, 0.1) is 26.2 Å². The predicted molar refractivity (Wildman–Crippen MR) is 84.7 cm³/mol. The second kappa shape index (κ2) is 9.16. The molecule has 0 radical (unpaired) electrons. The van der Waals surface area contributed by atoms with Crippen LogP contribution >= 0.6 is 22.6 Å². The summed E-state index contributed by atoms with van der Waals surface area (Å²) in [6.07, 6.45) is 0.556. The van der Waals surface area contributed by atoms with Crippen LogP contribution < -0.4 is 5.32 Å². The first-order valence-corrected chi connectivity index (χ1v) is 7.27. The minimum atomic E-state index is -0.102. The van der Waals surface area contributed by atoms with Crippen molar-refractivity contribution in [2.45, 2.75) is 12.8 Å². The van der Waals surface area contributed by atoms with Gasteiger partial charge in [-0.05, 0) is 34.7 Å². The van der Waals surface area contributed by atoms with Crippen molar-refractivity contribution in [3.8, 4) is 12.1 Å². The van der Waals surface area contributed by atoms with Crippen molar-refractivity contribution in [1.29, 1.82) is 10.5 Å². The highest BCUT2D eigenvalue weighted by molar-refractivity contribution is 14.1. The van der Waals surface area contributed by atoms with Crippen molar-refractivity contribution in [1.82, 2.24) is 4.90 Å². The zero-order valence-electron chi connectivity index (χ0n) is 11.0. The van der Waals surface area contributed by atoms with Crippen LogP contribution in [0.2, 0.25) is 0 Å². The van der Waals surface area contributed by atoms with Gasteiger partial charge in [-0.3, -0.25) is 4.79 Å². The number of hydrogen-bond donors (Lipinski definition) is 1. The predicted octanol–water partition coefficient (Wildman–Crippen LogP) is 2.36. The molecular weight excluding hydrogens is 367 g/mol. The number of halogens is 1. The largest absolute Gasteiger partial charge is 0.375 e. The van der Waals surface area contributed by atoms with Crippen molar-refractivity contribution < 1.29 is 4.79 Å². The van der Waals surface area contributed by atoms with Gasteiger partial charge in [-0.2, -0.15) is 10.5 Å². The molecule has 0 aromatic heterocycles. The molecule has 0 fully saturated rings. The molecule has 20 heavy (non-hydrogen) atoms. The maximum Gasteiger partial charge on any atom is 0.241 e. The number of benzene rings is 1. The Bertz CT molecular complexity index is 515. The number of nitriles is 2. The third-order valence-electron chi connectivity index (χ3n) is 2.64. The molecule has 6 heteroatoms. The van der Waals surface area contributed by atoms with E-state index in [1.54, 1.807) is 4.90 Å². The zero-order chi connectivity index (χ0) is 14.8. The first kappa shape index (κ1) is 16.3. The summed E-state index contributed by atoms with van der Waals surface area (Å²) < 4.78 is 1.04. The van der Waals surface area contributed by atoms with E-state index < -0.39 is 0 Å². The summed E-state index contributed by atoms with van der Waals surface area (Å²) in [5.41, 5.74) is 0.905. The number of carbonyl (C=O) groups excluding carboxylic acids is 1. The first-order chi connectivity index (χ1) is 9.69. The first-order valence-electron chi connectivity index (χ1n) is 6.19. The molecule has 1 amide bonds. The van der Waals surface area contributed by atoms with Gasteiger partial charge in [0.1, 0.15) is 0 Å². The van der Waals surface area contributed by atoms with Crippen LogP contribution in [-0.4, -0.2) is 30.4 Å². The molecular formula is C14H15IN4O. The number of hydrogen-bond acceptors (Lipinski definition) is 4. The van der Waals surface area contributed by atoms with Crippen LogP contribution in [0.4, 0.5) is 5.69 Å². The van der Waals surface area contributed by atoms with Gasteiger partial charge in [0, 0.05) is 22.3 Å². The van der Waals surface area contributed by atoms with Gasteiger partial charge in [0.05, 0.1) is 31.5 Å². The van der Waals surface area contributed by atoms with E-state index in [-0.39, 0.29) is 25.3 Å². The van der Waals surface area contributed by atoms with Gasteiger partial charge >= 0.3 is 0 Å². The molecule has 0 atom stereocenters. The fraction of sp³-hybridized carbons (Fsp3) is 0.357. The molecule has 1 rings (SSSR count). The number of anilines is 1. The molecule has 104 valence electrons. The summed E-state index contributed by atoms with van der Waals surface area (Å²) in [6.45, 7) is 0.895. The lowest BCUT2D eigenvalue weighted by Gasteiger charge is -2.21. The van der Waals surface area contributed by atoms with E-state index in [1.807, 2.05) is 36.4 Å². The van der Waals surface area contributed by atoms with Gasteiger partial charge in [0.25, 0.3) is 0 Å². The Morgan fingerprint density at radius 2 is 1.80 bits per heavy atom. The summed E-state index contributed by atoms with van der Waals surface area (Å²) in [4.78, 5) is 13.6. The van der Waals surface area contributed by atoms with Crippen LogP contribution in [0.1, 0.15) is 12.8 Å². The van der Waals surface area contributed by atoms with Crippen LogP contribution in [0.3, 0.4) is 0 Å². The van der Waals surface area contributed by atoms with Crippen molar-refractivity contribution >= 4 is 34.2 Å². The Morgan fingerprint density at radius 1 is 1.20 bits per heavy atom. The number of nitrogens with one attached hydrogen (secondary N) is 1. The fourth-order valence-corrected chi connectivity index (χ4v) is 2.20. The van der Waals surface area contributed by atoms with Gasteiger partial charge < -0.3 is 10.2 Å². The second-order valence-corrected chi connectivity index (χ2v) is 5.19. The van der Waals surface area contributed by atoms with Gasteiger partial charge in [-0.1, -0.05) is 12.1 Å². The maximum atomic E-state index is 12.1. The molecule has 0 saturated heterocycles. The molecule has 0 saturated carbocycles. The lowest BCUT2D eigenvalue weighted by Crippen LogP contribution is -2.37. The van der Waals surface area contributed by atoms with Crippen molar-refractivity contribution in [2.75, 3.05) is 25.0 Å². The van der Waals surface area contributed by atoms with Crippen LogP contribution in [0.15, 0.2) is 24.3 Å². The third-order valence-corrected chi connectivity index (χ3v) is 3.58. The average molecular weight is 382 g/mol. The monoisotopic (exact) mass is 382 g/mol. The van der Waals surface area contributed by atoms with E-state index in [4.69, 9.17) is 10.5 Å². The Kier molecular flexibility index (Phi) is 7.44. The summed E-state index contributed by atoms with van der Waals surface area (Å²) in [7, 11) is 0. The Balaban J connectivity index is 2.55. The van der Waals surface area contributed by atoms with E-state index in [9.17, 15) is 4.79 Å². The molecule has 0 unspecified atom stereocenters. The minimum absolute atomic E-state index is 0.102. The molecule has 0 aliphatic rings. The molecule has 0 bridgehead atoms. The smallest absolute Gasteiger partial charge is 0.241 e. The normalized spacial score (nSPS) is 9.35. The van der Waals surface area contributed by atoms with Crippen molar-refractivity contribution in [2.24, 2.45) is 0 Å². The maximum absolute atomic E-state index is 12.1. The number of para-hydroxylation sites is 1. The molecule has 0 aliphatic heterocycles. The summed E-state index contributed by atoms with van der Waals surface area (Å²) in [5, 5.41) is 20.3. The van der Waals surface area contributed by atoms with E-state index in [0.717, 1.165) is 9.26 Å². The Labute approximate surface area is 132 Å². The molecule has 1 N–H and O–H groups in total. The molecule has 1 aromatic rings. The summed E-state index contributed by atoms with van der Waals surface area (Å²) in [6, 6.07) is 11.7. The summed E-state index contributed by atoms with van der Waals surface area (Å²) in [5.74, 6) is -0.102. The molecule has 5 nitrogen and oxygen atoms in total. The Hall–Kier alpha value is -1.80. The highest BCUT2D eigenvalue weighted by atomic mass is 127. The standard InChI is InChI=1S/C14H15IN4O/c15-12-5-1-2-6-13(12)18-11-14(20)19(9-3-7-16)10-4-8-17/h1-2,5-6,18H,3-4,9-11H2. The van der Waals surface area contributed by atoms with E-state index in [2.05, 4.69) is 27.9 Å². The number of nitrogens with zero attached hydrogens (tertiary/aromatic N) is 3. The molecule has 0 aliphatic carbocycles. The van der Waals surface area contributed by atoms with Gasteiger partial charge in [0.15, 0.2) is 0 Å². The van der Waals surface area contributed by atoms with Crippen LogP contribution in [0.5, 0.6) is 0 Å². The minimum Gasteiger partial charge on any atom is -0.375 e. The van der Waals surface area contributed by atoms with Crippen LogP contribution in [-0.2, 0) is 4.79 Å². The lowest BCUT2D eigenvalue weighted by atomic mass is 10.3. The highest BCUT2D eigenvalue weighted by Crippen LogP contribution is 2.16. The van der Waals surface area contributed by atoms with Crippen LogP contribution in [0.25, 0.3) is 0 Å². The third kappa shape index (κ3) is 5.45. The van der Waals surface area contributed by atoms with E-state index >= 15 is 0 Å². The number of amides is 1. The zero-order valence-corrected chi connectivity index (χ0v) is 13.1. The SMILES string of the molecule is N#CCCN(CCC#N)C(=O)CNc1ccccc1I. The molecule has 0 spiro atoms. The number of carbonyl (C=O) groups is 1. The van der Waals surface area contributed by atoms with Gasteiger partial charge in [0.2, 0.25) is 5.91 Å². The highest BCUT2D eigenvalue weighted by Gasteiger charge is 2.12. The lowest BCUT2D eigenvalue weighted by molar-refractivity contribution is -0.129. The quantitative estimate of drug-likeness (QED) is 0.735. The van der Waals surface area contributed by atoms with Gasteiger partial charge in [-0.15, -0.1) is 0 Å².